The maximum atomic E-state index is 5.38. The molecule has 1 aromatic carbocycles. The lowest BCUT2D eigenvalue weighted by Crippen LogP contribution is -2.10. The van der Waals surface area contributed by atoms with E-state index < -0.39 is 0 Å². The van der Waals surface area contributed by atoms with Crippen LogP contribution in [0.2, 0.25) is 0 Å². The summed E-state index contributed by atoms with van der Waals surface area (Å²) < 4.78 is 5.38. The minimum atomic E-state index is 0.549. The van der Waals surface area contributed by atoms with Crippen molar-refractivity contribution in [2.24, 2.45) is 5.92 Å². The summed E-state index contributed by atoms with van der Waals surface area (Å²) in [7, 11) is 1.66. The highest BCUT2D eigenvalue weighted by Crippen LogP contribution is 2.31. The molecule has 0 radical (unpaired) electrons. The van der Waals surface area contributed by atoms with Gasteiger partial charge in [0.1, 0.15) is 11.4 Å². The Balaban J connectivity index is 2.38. The van der Waals surface area contributed by atoms with Crippen LogP contribution in [0.3, 0.4) is 0 Å². The van der Waals surface area contributed by atoms with Crippen molar-refractivity contribution in [2.75, 3.05) is 19.0 Å². The van der Waals surface area contributed by atoms with Crippen molar-refractivity contribution < 1.29 is 4.74 Å². The van der Waals surface area contributed by atoms with Gasteiger partial charge in [0.15, 0.2) is 5.82 Å². The van der Waals surface area contributed by atoms with E-state index in [0.717, 1.165) is 29.4 Å². The van der Waals surface area contributed by atoms with E-state index in [0.29, 0.717) is 5.92 Å². The molecule has 100 valence electrons. The zero-order valence-electron chi connectivity index (χ0n) is 11.6. The van der Waals surface area contributed by atoms with Crippen LogP contribution in [0.5, 0.6) is 5.75 Å². The quantitative estimate of drug-likeness (QED) is 0.893. The van der Waals surface area contributed by atoms with Gasteiger partial charge in [0.05, 0.1) is 7.11 Å². The lowest BCUT2D eigenvalue weighted by atomic mass is 10.1. The average Bonchev–Trinajstić information content (AvgIpc) is 2.45. The number of hydrogen-bond acceptors (Lipinski definition) is 4. The Bertz CT molecular complexity index is 540. The molecule has 0 spiro atoms. The van der Waals surface area contributed by atoms with E-state index in [4.69, 9.17) is 4.74 Å². The third-order valence-electron chi connectivity index (χ3n) is 2.74. The molecule has 0 saturated heterocycles. The number of hydrogen-bond donors (Lipinski definition) is 1. The van der Waals surface area contributed by atoms with Crippen molar-refractivity contribution in [2.45, 2.75) is 13.8 Å². The monoisotopic (exact) mass is 257 g/mol. The smallest absolute Gasteiger partial charge is 0.152 e. The number of benzene rings is 1. The Morgan fingerprint density at radius 2 is 1.89 bits per heavy atom. The van der Waals surface area contributed by atoms with Gasteiger partial charge in [0.25, 0.3) is 0 Å². The number of para-hydroxylation sites is 1. The van der Waals surface area contributed by atoms with Gasteiger partial charge in [0.2, 0.25) is 0 Å². The molecule has 4 nitrogen and oxygen atoms in total. The average molecular weight is 257 g/mol. The van der Waals surface area contributed by atoms with Gasteiger partial charge < -0.3 is 10.1 Å². The summed E-state index contributed by atoms with van der Waals surface area (Å²) >= 11 is 0. The van der Waals surface area contributed by atoms with Crippen molar-refractivity contribution in [3.63, 3.8) is 0 Å². The highest BCUT2D eigenvalue weighted by atomic mass is 16.5. The first-order valence-corrected chi connectivity index (χ1v) is 6.40. The Morgan fingerprint density at radius 3 is 2.63 bits per heavy atom. The predicted molar refractivity (Wildman–Crippen MR) is 77.3 cm³/mol. The van der Waals surface area contributed by atoms with Crippen LogP contribution in [0, 0.1) is 5.92 Å². The topological polar surface area (TPSA) is 47.0 Å². The first-order chi connectivity index (χ1) is 9.22. The first-order valence-electron chi connectivity index (χ1n) is 6.40. The minimum Gasteiger partial charge on any atom is -0.496 e. The molecule has 1 N–H and O–H groups in total. The summed E-state index contributed by atoms with van der Waals surface area (Å²) in [4.78, 5) is 8.80. The Hall–Kier alpha value is -2.10. The van der Waals surface area contributed by atoms with E-state index in [1.54, 1.807) is 19.5 Å². The van der Waals surface area contributed by atoms with Crippen LogP contribution in [0.15, 0.2) is 36.7 Å². The van der Waals surface area contributed by atoms with E-state index >= 15 is 0 Å². The van der Waals surface area contributed by atoms with E-state index in [9.17, 15) is 0 Å². The van der Waals surface area contributed by atoms with Crippen LogP contribution < -0.4 is 10.1 Å². The summed E-state index contributed by atoms with van der Waals surface area (Å²) in [5, 5.41) is 3.33. The Morgan fingerprint density at radius 1 is 1.16 bits per heavy atom. The van der Waals surface area contributed by atoms with Crippen molar-refractivity contribution in [3.8, 4) is 17.0 Å². The molecule has 0 saturated carbocycles. The van der Waals surface area contributed by atoms with Gasteiger partial charge in [-0.25, -0.2) is 4.98 Å². The largest absolute Gasteiger partial charge is 0.496 e. The van der Waals surface area contributed by atoms with Crippen molar-refractivity contribution >= 4 is 5.82 Å². The molecule has 1 heterocycles. The molecule has 19 heavy (non-hydrogen) atoms. The van der Waals surface area contributed by atoms with Crippen LogP contribution in [-0.2, 0) is 0 Å². The van der Waals surface area contributed by atoms with Crippen molar-refractivity contribution in [1.82, 2.24) is 9.97 Å². The standard InChI is InChI=1S/C15H19N3O/c1-11(2)10-18-15-14(16-8-9-17-15)12-6-4-5-7-13(12)19-3/h4-9,11H,10H2,1-3H3,(H,17,18). The second kappa shape index (κ2) is 6.18. The molecule has 1 aromatic heterocycles. The fraction of sp³-hybridized carbons (Fsp3) is 0.333. The number of anilines is 1. The van der Waals surface area contributed by atoms with Crippen molar-refractivity contribution in [3.05, 3.63) is 36.7 Å². The molecular formula is C15H19N3O. The van der Waals surface area contributed by atoms with Crippen LogP contribution >= 0.6 is 0 Å². The van der Waals surface area contributed by atoms with E-state index in [1.165, 1.54) is 0 Å². The molecule has 2 rings (SSSR count). The van der Waals surface area contributed by atoms with Gasteiger partial charge in [0, 0.05) is 24.5 Å². The first kappa shape index (κ1) is 13.3. The Kier molecular flexibility index (Phi) is 4.34. The molecule has 0 fully saturated rings. The maximum Gasteiger partial charge on any atom is 0.152 e. The highest BCUT2D eigenvalue weighted by Gasteiger charge is 2.12. The summed E-state index contributed by atoms with van der Waals surface area (Å²) in [5.74, 6) is 2.14. The maximum absolute atomic E-state index is 5.38. The van der Waals surface area contributed by atoms with Gasteiger partial charge in [-0.2, -0.15) is 0 Å². The lowest BCUT2D eigenvalue weighted by Gasteiger charge is -2.13. The second-order valence-corrected chi connectivity index (χ2v) is 4.73. The number of methoxy groups -OCH3 is 1. The molecule has 0 aliphatic rings. The third kappa shape index (κ3) is 3.22. The molecule has 0 aliphatic carbocycles. The SMILES string of the molecule is COc1ccccc1-c1nccnc1NCC(C)C. The van der Waals surface area contributed by atoms with Crippen molar-refractivity contribution in [1.29, 1.82) is 0 Å². The van der Waals surface area contributed by atoms with Gasteiger partial charge in [-0.1, -0.05) is 26.0 Å². The van der Waals surface area contributed by atoms with Gasteiger partial charge in [-0.15, -0.1) is 0 Å². The number of aromatic nitrogens is 2. The van der Waals surface area contributed by atoms with E-state index in [-0.39, 0.29) is 0 Å². The molecule has 2 aromatic rings. The number of ether oxygens (including phenoxy) is 1. The van der Waals surface area contributed by atoms with Gasteiger partial charge >= 0.3 is 0 Å². The third-order valence-corrected chi connectivity index (χ3v) is 2.74. The molecule has 0 amide bonds. The normalized spacial score (nSPS) is 10.5. The fourth-order valence-electron chi connectivity index (χ4n) is 1.81. The molecule has 4 heteroatoms. The number of nitrogens with one attached hydrogen (secondary N) is 1. The molecule has 0 aliphatic heterocycles. The summed E-state index contributed by atoms with van der Waals surface area (Å²) in [6.07, 6.45) is 3.39. The zero-order chi connectivity index (χ0) is 13.7. The zero-order valence-corrected chi connectivity index (χ0v) is 11.6. The van der Waals surface area contributed by atoms with Gasteiger partial charge in [-0.05, 0) is 18.1 Å². The van der Waals surface area contributed by atoms with Crippen LogP contribution in [0.25, 0.3) is 11.3 Å². The van der Waals surface area contributed by atoms with Gasteiger partial charge in [-0.3, -0.25) is 4.98 Å². The van der Waals surface area contributed by atoms with Crippen LogP contribution in [0.4, 0.5) is 5.82 Å². The molecule has 0 atom stereocenters. The summed E-state index contributed by atoms with van der Waals surface area (Å²) in [6, 6.07) is 7.83. The van der Waals surface area contributed by atoms with Crippen LogP contribution in [-0.4, -0.2) is 23.6 Å². The predicted octanol–water partition coefficient (Wildman–Crippen LogP) is 3.22. The summed E-state index contributed by atoms with van der Waals surface area (Å²) in [5.41, 5.74) is 1.77. The molecule has 0 unspecified atom stereocenters. The van der Waals surface area contributed by atoms with E-state index in [1.807, 2.05) is 24.3 Å². The number of nitrogens with zero attached hydrogens (tertiary/aromatic N) is 2. The van der Waals surface area contributed by atoms with E-state index in [2.05, 4.69) is 29.1 Å². The summed E-state index contributed by atoms with van der Waals surface area (Å²) in [6.45, 7) is 5.18. The lowest BCUT2D eigenvalue weighted by molar-refractivity contribution is 0.416. The molecular weight excluding hydrogens is 238 g/mol. The Labute approximate surface area is 113 Å². The highest BCUT2D eigenvalue weighted by molar-refractivity contribution is 5.76. The second-order valence-electron chi connectivity index (χ2n) is 4.73. The number of rotatable bonds is 5. The molecule has 0 bridgehead atoms. The van der Waals surface area contributed by atoms with Crippen LogP contribution in [0.1, 0.15) is 13.8 Å². The minimum absolute atomic E-state index is 0.549. The fourth-order valence-corrected chi connectivity index (χ4v) is 1.81.